The first-order valence-corrected chi connectivity index (χ1v) is 49.6. The fourth-order valence-electron chi connectivity index (χ4n) is 18.8. The minimum atomic E-state index is -3.57. The Labute approximate surface area is 790 Å². The number of aromatic nitrogens is 12. The lowest BCUT2D eigenvalue weighted by Gasteiger charge is -2.36. The van der Waals surface area contributed by atoms with Crippen LogP contribution >= 0.6 is 45.3 Å². The largest absolute Gasteiger partial charge is 0.366 e. The van der Waals surface area contributed by atoms with Crippen molar-refractivity contribution in [2.75, 3.05) is 7.05 Å². The van der Waals surface area contributed by atoms with Crippen LogP contribution in [0.3, 0.4) is 0 Å². The van der Waals surface area contributed by atoms with Crippen molar-refractivity contribution >= 4 is 141 Å². The molecule has 20 rings (SSSR count). The van der Waals surface area contributed by atoms with Crippen LogP contribution in [0.4, 0.5) is 0 Å². The lowest BCUT2D eigenvalue weighted by atomic mass is 9.89. The van der Waals surface area contributed by atoms with Gasteiger partial charge in [0, 0.05) is 122 Å². The summed E-state index contributed by atoms with van der Waals surface area (Å²) in [6, 6.07) is 60.0. The molecule has 16 aromatic rings. The van der Waals surface area contributed by atoms with Gasteiger partial charge in [0.05, 0.1) is 58.8 Å². The number of imidazole rings is 4. The van der Waals surface area contributed by atoms with Gasteiger partial charge in [0.2, 0.25) is 33.7 Å². The minimum absolute atomic E-state index is 0.00899. The molecule has 0 spiro atoms. The quantitative estimate of drug-likeness (QED) is 0.0351. The zero-order valence-corrected chi connectivity index (χ0v) is 78.6. The maximum absolute atomic E-state index is 13.1. The molecule has 34 heteroatoms. The summed E-state index contributed by atoms with van der Waals surface area (Å²) >= 11 is 5.84. The van der Waals surface area contributed by atoms with Gasteiger partial charge in [-0.1, -0.05) is 24.3 Å². The van der Waals surface area contributed by atoms with E-state index in [4.69, 9.17) is 42.9 Å². The van der Waals surface area contributed by atoms with E-state index < -0.39 is 33.7 Å². The fourth-order valence-corrected chi connectivity index (χ4v) is 23.8. The average molecular weight is 1890 g/mol. The van der Waals surface area contributed by atoms with Gasteiger partial charge in [-0.25, -0.2) is 33.1 Å². The summed E-state index contributed by atoms with van der Waals surface area (Å²) in [5.41, 5.74) is 33.2. The summed E-state index contributed by atoms with van der Waals surface area (Å²) in [6.07, 6.45) is 21.4. The molecule has 12 heterocycles. The average Bonchev–Trinajstić information content (AvgIpc) is 1.62. The normalized spacial score (nSPS) is 18.4. The predicted octanol–water partition coefficient (Wildman–Crippen LogP) is 17.8. The first-order chi connectivity index (χ1) is 64.7. The van der Waals surface area contributed by atoms with Crippen molar-refractivity contribution in [2.45, 2.75) is 183 Å². The van der Waals surface area contributed by atoms with Crippen LogP contribution < -0.4 is 38.3 Å². The van der Waals surface area contributed by atoms with Crippen molar-refractivity contribution in [1.29, 1.82) is 0 Å². The number of thiophene rings is 4. The van der Waals surface area contributed by atoms with Crippen LogP contribution in [0.5, 0.6) is 0 Å². The van der Waals surface area contributed by atoms with Gasteiger partial charge in [0.25, 0.3) is 17.7 Å². The Balaban J connectivity index is 0.000000124. The van der Waals surface area contributed by atoms with E-state index in [1.807, 2.05) is 179 Å². The minimum Gasteiger partial charge on any atom is -0.366 e. The number of amides is 7. The van der Waals surface area contributed by atoms with Crippen LogP contribution in [0.25, 0.3) is 90.2 Å². The summed E-state index contributed by atoms with van der Waals surface area (Å²) < 4.78 is 37.9. The molecule has 0 saturated heterocycles. The molecule has 7 amide bonds. The van der Waals surface area contributed by atoms with Crippen LogP contribution in [-0.4, -0.2) is 144 Å². The second-order valence-electron chi connectivity index (χ2n) is 34.5. The number of hydrogen-bond donors (Lipinski definition) is 7. The van der Waals surface area contributed by atoms with Crippen LogP contribution in [-0.2, 0) is 10.0 Å². The van der Waals surface area contributed by atoms with Crippen molar-refractivity contribution in [3.05, 3.63) is 275 Å². The SMILES string of the molecule is Cc1ccc(C(=O)N(C)C2CCCC(n3c(-c4ccccn4)nc4cc(C(N)=O)ccc43)C2)s1.Cc1ccc(C(=O)NC2CCCC(n3c(-c4ccccn4)nc4cc(C(N)=O)ccc43)C2)s1.Cc1ccc(C(=O)NC2CCCC(n3c(-c4ccccn4)nc4cc(C(N)=O)ccc43)C2)s1.Cc1ccc(S(=O)(=O)NC2CCCC(n3c(-c4ccccn4)nc4cc(C(N)=O)ccc43)C2)s1. The standard InChI is InChI=1S/C26H27N5O2S.2C25H25N5O2S.C24H25N5O3S2/c1-16-9-12-23(34-16)26(33)30(2)18-6-5-7-19(15-18)31-22-11-10-17(24(27)32)14-21(22)29-25(31)20-8-3-4-13-28-20;2*1-15-8-11-22(33-15)25(32)28-17-5-4-6-18(14-17)30-21-10-9-16(23(26)31)13-20(21)29-24(30)19-7-2-3-12-27-19;1-15-8-11-22(33-15)34(31,32)28-17-5-4-6-18(14-17)29-21-10-9-16(23(25)30)13-20(21)27-24(29)19-7-2-3-12-26-19/h3-4,8-14,18-19H,5-7,15H2,1-2H3,(H2,27,32);2*2-3,7-13,17-18H,4-6,14H2,1H3,(H2,26,31)(H,28,32);2-3,7-13,17-18,28H,4-6,14H2,1H3,(H2,25,30). The number of nitrogens with two attached hydrogens (primary N) is 4. The highest BCUT2D eigenvalue weighted by atomic mass is 32.2. The molecule has 11 N–H and O–H groups in total. The van der Waals surface area contributed by atoms with E-state index in [2.05, 4.69) is 53.6 Å². The number of nitrogens with zero attached hydrogens (tertiary/aromatic N) is 13. The molecule has 4 fully saturated rings. The maximum atomic E-state index is 13.1. The Morgan fingerprint density at radius 2 is 0.664 bits per heavy atom. The van der Waals surface area contributed by atoms with Gasteiger partial charge < -0.3 is 56.7 Å². The van der Waals surface area contributed by atoms with Crippen molar-refractivity contribution in [2.24, 2.45) is 22.9 Å². The number of rotatable bonds is 21. The zero-order valence-electron chi connectivity index (χ0n) is 74.6. The number of benzene rings is 4. The first kappa shape index (κ1) is 92.2. The summed E-state index contributed by atoms with van der Waals surface area (Å²) in [5, 5.41) is 6.47. The molecule has 12 aromatic heterocycles. The van der Waals surface area contributed by atoms with E-state index in [1.165, 1.54) is 45.3 Å². The highest BCUT2D eigenvalue weighted by Gasteiger charge is 2.37. The van der Waals surface area contributed by atoms with Crippen LogP contribution in [0, 0.1) is 27.7 Å². The number of nitrogens with one attached hydrogen (secondary N) is 3. The summed E-state index contributed by atoms with van der Waals surface area (Å²) in [7, 11) is -1.66. The highest BCUT2D eigenvalue weighted by Crippen LogP contribution is 2.43. The Bertz CT molecular complexity index is 6960. The Morgan fingerprint density at radius 1 is 0.358 bits per heavy atom. The van der Waals surface area contributed by atoms with E-state index in [0.717, 1.165) is 198 Å². The number of primary amides is 4. The number of pyridine rings is 4. The Morgan fingerprint density at radius 3 is 0.970 bits per heavy atom. The second-order valence-corrected chi connectivity index (χ2v) is 41.6. The van der Waals surface area contributed by atoms with Gasteiger partial charge in [-0.3, -0.25) is 53.5 Å². The number of carbonyl (C=O) groups excluding carboxylic acids is 7. The molecular formula is C100H102N20O9S5. The number of sulfonamides is 1. The molecule has 4 saturated carbocycles. The molecule has 29 nitrogen and oxygen atoms in total. The molecule has 8 unspecified atom stereocenters. The van der Waals surface area contributed by atoms with Crippen molar-refractivity contribution in [1.82, 2.24) is 78.4 Å². The van der Waals surface area contributed by atoms with Gasteiger partial charge in [0.15, 0.2) is 23.3 Å². The molecule has 0 bridgehead atoms. The summed E-state index contributed by atoms with van der Waals surface area (Å²) in [6.45, 7) is 7.92. The van der Waals surface area contributed by atoms with Crippen molar-refractivity contribution in [3.8, 4) is 46.1 Å². The number of carbonyl (C=O) groups is 7. The van der Waals surface area contributed by atoms with Crippen LogP contribution in [0.1, 0.15) is 217 Å². The van der Waals surface area contributed by atoms with Gasteiger partial charge in [0.1, 0.15) is 27.0 Å². The molecule has 0 aliphatic heterocycles. The Kier molecular flexibility index (Phi) is 27.8. The molecule has 4 aliphatic rings. The lowest BCUT2D eigenvalue weighted by molar-refractivity contribution is 0.0675. The second kappa shape index (κ2) is 40.4. The highest BCUT2D eigenvalue weighted by molar-refractivity contribution is 7.91. The topological polar surface area (TPSA) is 420 Å². The van der Waals surface area contributed by atoms with Crippen molar-refractivity contribution < 1.29 is 42.0 Å². The van der Waals surface area contributed by atoms with E-state index in [1.54, 1.807) is 79.4 Å². The van der Waals surface area contributed by atoms with E-state index in [-0.39, 0.29) is 66.1 Å². The van der Waals surface area contributed by atoms with Gasteiger partial charge in [-0.15, -0.1) is 45.3 Å². The van der Waals surface area contributed by atoms with Gasteiger partial charge >= 0.3 is 0 Å². The Hall–Kier alpha value is -13.6. The molecular weight excluding hydrogens is 1790 g/mol. The lowest BCUT2D eigenvalue weighted by Crippen LogP contribution is -2.40. The third kappa shape index (κ3) is 20.6. The number of fused-ring (bicyclic) bond motifs is 4. The molecule has 0 radical (unpaired) electrons. The van der Waals surface area contributed by atoms with Crippen LogP contribution in [0.15, 0.2) is 223 Å². The molecule has 686 valence electrons. The van der Waals surface area contributed by atoms with Gasteiger partial charge in [-0.05, 0) is 300 Å². The van der Waals surface area contributed by atoms with Gasteiger partial charge in [-0.2, -0.15) is 0 Å². The number of hydrogen-bond acceptors (Lipinski definition) is 21. The summed E-state index contributed by atoms with van der Waals surface area (Å²) in [4.78, 5) is 131. The van der Waals surface area contributed by atoms with E-state index in [0.29, 0.717) is 55.3 Å². The van der Waals surface area contributed by atoms with Crippen LogP contribution in [0.2, 0.25) is 0 Å². The number of aryl methyl sites for hydroxylation is 4. The smallest absolute Gasteiger partial charge is 0.263 e. The third-order valence-corrected chi connectivity index (χ3v) is 31.2. The molecule has 4 aliphatic carbocycles. The third-order valence-electron chi connectivity index (χ3n) is 25.2. The van der Waals surface area contributed by atoms with E-state index >= 15 is 0 Å². The van der Waals surface area contributed by atoms with E-state index in [9.17, 15) is 42.0 Å². The monoisotopic (exact) mass is 1890 g/mol. The first-order valence-electron chi connectivity index (χ1n) is 44.8. The molecule has 8 atom stereocenters. The fraction of sp³-hybridized carbons (Fsp3) is 0.290. The predicted molar refractivity (Wildman–Crippen MR) is 525 cm³/mol. The molecule has 4 aromatic carbocycles. The summed E-state index contributed by atoms with van der Waals surface area (Å²) in [5.74, 6) is 1.11. The van der Waals surface area contributed by atoms with Crippen molar-refractivity contribution in [3.63, 3.8) is 0 Å². The molecule has 134 heavy (non-hydrogen) atoms. The zero-order chi connectivity index (χ0) is 93.6. The maximum Gasteiger partial charge on any atom is 0.263 e.